The topological polar surface area (TPSA) is 62.4 Å². The zero-order valence-corrected chi connectivity index (χ0v) is 29.5. The molecular formula is C50H29N5. The van der Waals surface area contributed by atoms with Crippen molar-refractivity contribution in [1.82, 2.24) is 13.7 Å². The average molecular weight is 700 g/mol. The lowest BCUT2D eigenvalue weighted by molar-refractivity contribution is 1.13. The first kappa shape index (κ1) is 30.7. The minimum absolute atomic E-state index is 0.583. The van der Waals surface area contributed by atoms with Crippen molar-refractivity contribution in [3.8, 4) is 40.3 Å². The van der Waals surface area contributed by atoms with Crippen LogP contribution in [0.2, 0.25) is 0 Å². The molecule has 0 aliphatic rings. The van der Waals surface area contributed by atoms with Gasteiger partial charge in [0, 0.05) is 43.7 Å². The van der Waals surface area contributed by atoms with E-state index < -0.39 is 0 Å². The van der Waals surface area contributed by atoms with Crippen LogP contribution in [0.4, 0.5) is 0 Å². The predicted octanol–water partition coefficient (Wildman–Crippen LogP) is 12.4. The van der Waals surface area contributed by atoms with Gasteiger partial charge in [-0.1, -0.05) is 109 Å². The van der Waals surface area contributed by atoms with Crippen LogP contribution in [0.25, 0.3) is 93.6 Å². The van der Waals surface area contributed by atoms with Crippen LogP contribution in [-0.2, 0) is 0 Å². The third-order valence-electron chi connectivity index (χ3n) is 11.1. The minimum atomic E-state index is 0.583. The molecule has 5 nitrogen and oxygen atoms in total. The lowest BCUT2D eigenvalue weighted by atomic mass is 9.99. The molecule has 8 aromatic carbocycles. The second-order valence-corrected chi connectivity index (χ2v) is 14.0. The molecule has 0 fully saturated rings. The van der Waals surface area contributed by atoms with E-state index in [4.69, 9.17) is 0 Å². The first-order chi connectivity index (χ1) is 27.2. The van der Waals surface area contributed by atoms with E-state index >= 15 is 0 Å². The van der Waals surface area contributed by atoms with Crippen molar-refractivity contribution in [2.24, 2.45) is 0 Å². The fourth-order valence-corrected chi connectivity index (χ4v) is 8.77. The lowest BCUT2D eigenvalue weighted by Crippen LogP contribution is -2.02. The first-order valence-electron chi connectivity index (χ1n) is 18.3. The van der Waals surface area contributed by atoms with Crippen LogP contribution in [0.15, 0.2) is 176 Å². The van der Waals surface area contributed by atoms with E-state index in [9.17, 15) is 10.5 Å². The van der Waals surface area contributed by atoms with E-state index in [1.807, 2.05) is 30.3 Å². The van der Waals surface area contributed by atoms with Gasteiger partial charge in [0.25, 0.3) is 0 Å². The maximum absolute atomic E-state index is 10.7. The fourth-order valence-electron chi connectivity index (χ4n) is 8.77. The lowest BCUT2D eigenvalue weighted by Gasteiger charge is -2.16. The molecule has 0 atom stereocenters. The number of aromatic nitrogens is 3. The minimum Gasteiger partial charge on any atom is -0.309 e. The Labute approximate surface area is 316 Å². The van der Waals surface area contributed by atoms with E-state index in [0.29, 0.717) is 11.1 Å². The summed E-state index contributed by atoms with van der Waals surface area (Å²) in [5.41, 5.74) is 12.3. The van der Waals surface area contributed by atoms with Gasteiger partial charge in [-0.25, -0.2) is 0 Å². The highest BCUT2D eigenvalue weighted by Crippen LogP contribution is 2.41. The summed E-state index contributed by atoms with van der Waals surface area (Å²) in [6, 6.07) is 65.8. The van der Waals surface area contributed by atoms with Crippen molar-refractivity contribution in [2.45, 2.75) is 0 Å². The molecule has 0 spiro atoms. The van der Waals surface area contributed by atoms with E-state index in [1.165, 1.54) is 10.8 Å². The average Bonchev–Trinajstić information content (AvgIpc) is 3.89. The maximum atomic E-state index is 10.7. The van der Waals surface area contributed by atoms with Gasteiger partial charge in [-0.15, -0.1) is 0 Å². The zero-order valence-electron chi connectivity index (χ0n) is 29.5. The van der Waals surface area contributed by atoms with Crippen molar-refractivity contribution in [3.05, 3.63) is 187 Å². The molecule has 55 heavy (non-hydrogen) atoms. The molecule has 0 N–H and O–H groups in total. The van der Waals surface area contributed by atoms with Gasteiger partial charge in [-0.05, 0) is 77.9 Å². The van der Waals surface area contributed by atoms with Crippen LogP contribution >= 0.6 is 0 Å². The van der Waals surface area contributed by atoms with Gasteiger partial charge in [0.1, 0.15) is 0 Å². The number of fused-ring (bicyclic) bond motifs is 9. The summed E-state index contributed by atoms with van der Waals surface area (Å²) in [7, 11) is 0. The summed E-state index contributed by atoms with van der Waals surface area (Å²) in [5.74, 6) is 0. The van der Waals surface area contributed by atoms with Crippen LogP contribution in [0.5, 0.6) is 0 Å². The molecule has 0 radical (unpaired) electrons. The molecule has 0 aliphatic heterocycles. The highest BCUT2D eigenvalue weighted by Gasteiger charge is 2.22. The number of para-hydroxylation sites is 5. The normalized spacial score (nSPS) is 11.6. The standard InChI is InChI=1S/C50H29N5/c51-30-32-27-43-42-15-5-8-18-46(42)54(50(43)49(28-32)55-47-19-9-3-13-40(47)41-14-4-10-20-48(41)55)36-25-26-37(34(29-36)31-52)33-21-23-35(24-22-33)53-44-16-6-1-11-38(44)39-12-2-7-17-45(39)53/h1-29H. The Morgan fingerprint density at radius 3 is 1.33 bits per heavy atom. The number of nitriles is 2. The Morgan fingerprint density at radius 2 is 0.818 bits per heavy atom. The van der Waals surface area contributed by atoms with E-state index in [0.717, 1.165) is 82.8 Å². The second-order valence-electron chi connectivity index (χ2n) is 14.0. The van der Waals surface area contributed by atoms with Crippen molar-refractivity contribution in [1.29, 1.82) is 10.5 Å². The summed E-state index contributed by atoms with van der Waals surface area (Å²) in [6.07, 6.45) is 0. The summed E-state index contributed by atoms with van der Waals surface area (Å²) < 4.78 is 6.83. The predicted molar refractivity (Wildman–Crippen MR) is 224 cm³/mol. The molecule has 0 amide bonds. The van der Waals surface area contributed by atoms with Crippen molar-refractivity contribution >= 4 is 65.4 Å². The number of benzene rings is 8. The molecule has 0 aliphatic carbocycles. The summed E-state index contributed by atoms with van der Waals surface area (Å²) in [4.78, 5) is 0. The SMILES string of the molecule is N#Cc1cc(-n2c3ccccc3c3ccccc32)c2c(c1)c1ccccc1n2-c1ccc(-c2ccc(-n3c4ccccc4c4ccccc43)cc2)c(C#N)c1. The van der Waals surface area contributed by atoms with Gasteiger partial charge in [0.2, 0.25) is 0 Å². The molecule has 0 saturated heterocycles. The number of hydrogen-bond donors (Lipinski definition) is 0. The summed E-state index contributed by atoms with van der Waals surface area (Å²) in [5, 5.41) is 27.8. The van der Waals surface area contributed by atoms with Crippen molar-refractivity contribution < 1.29 is 0 Å². The van der Waals surface area contributed by atoms with Crippen LogP contribution < -0.4 is 0 Å². The van der Waals surface area contributed by atoms with Crippen LogP contribution in [0.1, 0.15) is 11.1 Å². The molecular weight excluding hydrogens is 671 g/mol. The van der Waals surface area contributed by atoms with Crippen LogP contribution in [0, 0.1) is 22.7 Å². The van der Waals surface area contributed by atoms with Gasteiger partial charge in [0.05, 0.1) is 62.1 Å². The second kappa shape index (κ2) is 11.8. The molecule has 11 rings (SSSR count). The van der Waals surface area contributed by atoms with Gasteiger partial charge in [-0.3, -0.25) is 0 Å². The number of nitrogens with zero attached hydrogens (tertiary/aromatic N) is 5. The molecule has 3 heterocycles. The Bertz CT molecular complexity index is 3350. The Morgan fingerprint density at radius 1 is 0.364 bits per heavy atom. The third kappa shape index (κ3) is 4.45. The van der Waals surface area contributed by atoms with Crippen molar-refractivity contribution in [2.75, 3.05) is 0 Å². The van der Waals surface area contributed by atoms with Gasteiger partial charge >= 0.3 is 0 Å². The first-order valence-corrected chi connectivity index (χ1v) is 18.3. The number of rotatable bonds is 4. The van der Waals surface area contributed by atoms with Gasteiger partial charge in [-0.2, -0.15) is 10.5 Å². The van der Waals surface area contributed by atoms with E-state index in [1.54, 1.807) is 0 Å². The highest BCUT2D eigenvalue weighted by molar-refractivity contribution is 6.15. The third-order valence-corrected chi connectivity index (χ3v) is 11.1. The Hall–Kier alpha value is -7.86. The zero-order chi connectivity index (χ0) is 36.6. The van der Waals surface area contributed by atoms with Crippen molar-refractivity contribution in [3.63, 3.8) is 0 Å². The molecule has 11 aromatic rings. The quantitative estimate of drug-likeness (QED) is 0.184. The Balaban J connectivity index is 1.11. The van der Waals surface area contributed by atoms with E-state index in [-0.39, 0.29) is 0 Å². The Kier molecular flexibility index (Phi) is 6.61. The molecule has 0 saturated carbocycles. The smallest absolute Gasteiger partial charge is 0.0998 e. The van der Waals surface area contributed by atoms with Crippen LogP contribution in [0.3, 0.4) is 0 Å². The summed E-state index contributed by atoms with van der Waals surface area (Å²) in [6.45, 7) is 0. The fraction of sp³-hybridized carbons (Fsp3) is 0. The number of hydrogen-bond acceptors (Lipinski definition) is 2. The maximum Gasteiger partial charge on any atom is 0.0998 e. The summed E-state index contributed by atoms with van der Waals surface area (Å²) >= 11 is 0. The molecule has 0 bridgehead atoms. The van der Waals surface area contributed by atoms with E-state index in [2.05, 4.69) is 171 Å². The molecule has 254 valence electrons. The van der Waals surface area contributed by atoms with Gasteiger partial charge < -0.3 is 13.7 Å². The molecule has 3 aromatic heterocycles. The molecule has 5 heteroatoms. The molecule has 0 unspecified atom stereocenters. The monoisotopic (exact) mass is 699 g/mol. The van der Waals surface area contributed by atoms with Gasteiger partial charge in [0.15, 0.2) is 0 Å². The van der Waals surface area contributed by atoms with Crippen LogP contribution in [-0.4, -0.2) is 13.7 Å². The largest absolute Gasteiger partial charge is 0.309 e. The highest BCUT2D eigenvalue weighted by atomic mass is 15.1.